The van der Waals surface area contributed by atoms with E-state index in [1.54, 1.807) is 12.3 Å². The Labute approximate surface area is 153 Å². The minimum atomic E-state index is -2.67. The van der Waals surface area contributed by atoms with Crippen LogP contribution < -0.4 is 10.2 Å². The summed E-state index contributed by atoms with van der Waals surface area (Å²) in [5, 5.41) is 17.3. The van der Waals surface area contributed by atoms with Crippen LogP contribution in [0.25, 0.3) is 17.0 Å². The summed E-state index contributed by atoms with van der Waals surface area (Å²) in [7, 11) is 1.85. The Bertz CT molecular complexity index is 948. The fourth-order valence-electron chi connectivity index (χ4n) is 3.34. The average Bonchev–Trinajstić information content (AvgIpc) is 3.25. The van der Waals surface area contributed by atoms with Crippen LogP contribution in [0, 0.1) is 5.92 Å². The van der Waals surface area contributed by atoms with E-state index in [4.69, 9.17) is 0 Å². The molecule has 8 nitrogen and oxygen atoms in total. The van der Waals surface area contributed by atoms with Crippen LogP contribution in [0.5, 0.6) is 0 Å². The van der Waals surface area contributed by atoms with Crippen molar-refractivity contribution in [2.75, 3.05) is 31.6 Å². The normalized spacial score (nSPS) is 20.1. The first kappa shape index (κ1) is 17.7. The molecule has 1 aliphatic rings. The third-order valence-electron chi connectivity index (χ3n) is 4.72. The number of hydrogen-bond acceptors (Lipinski definition) is 7. The molecule has 2 N–H and O–H groups in total. The van der Waals surface area contributed by atoms with Crippen molar-refractivity contribution in [2.24, 2.45) is 5.92 Å². The Morgan fingerprint density at radius 3 is 2.89 bits per heavy atom. The van der Waals surface area contributed by atoms with Crippen molar-refractivity contribution in [3.63, 3.8) is 0 Å². The zero-order chi connectivity index (χ0) is 19.0. The number of nitrogens with one attached hydrogen (secondary N) is 1. The van der Waals surface area contributed by atoms with Crippen LogP contribution in [0.4, 0.5) is 14.6 Å². The van der Waals surface area contributed by atoms with Gasteiger partial charge in [0, 0.05) is 31.6 Å². The van der Waals surface area contributed by atoms with Gasteiger partial charge in [0.15, 0.2) is 5.65 Å². The third kappa shape index (κ3) is 3.33. The molecule has 0 radical (unpaired) electrons. The highest BCUT2D eigenvalue weighted by molar-refractivity contribution is 5.62. The predicted molar refractivity (Wildman–Crippen MR) is 94.6 cm³/mol. The highest BCUT2D eigenvalue weighted by Gasteiger charge is 2.31. The number of rotatable bonds is 5. The van der Waals surface area contributed by atoms with Gasteiger partial charge in [-0.25, -0.2) is 28.2 Å². The minimum Gasteiger partial charge on any atom is -0.391 e. The van der Waals surface area contributed by atoms with Crippen molar-refractivity contribution >= 4 is 11.5 Å². The number of β-amino-alcohol motifs (C(OH)–C–C–N with tert-alkyl or cyclic N) is 1. The zero-order valence-electron chi connectivity index (χ0n) is 14.6. The van der Waals surface area contributed by atoms with E-state index in [1.807, 2.05) is 11.9 Å². The van der Waals surface area contributed by atoms with Crippen LogP contribution in [0.3, 0.4) is 0 Å². The average molecular weight is 375 g/mol. The van der Waals surface area contributed by atoms with Crippen LogP contribution in [0.2, 0.25) is 0 Å². The number of aromatic nitrogens is 5. The van der Waals surface area contributed by atoms with Crippen molar-refractivity contribution in [1.82, 2.24) is 29.9 Å². The lowest BCUT2D eigenvalue weighted by molar-refractivity contribution is 0.144. The summed E-state index contributed by atoms with van der Waals surface area (Å²) < 4.78 is 27.3. The van der Waals surface area contributed by atoms with E-state index in [-0.39, 0.29) is 11.6 Å². The van der Waals surface area contributed by atoms with Crippen molar-refractivity contribution in [1.29, 1.82) is 0 Å². The molecule has 0 aromatic carbocycles. The summed E-state index contributed by atoms with van der Waals surface area (Å²) in [5.41, 5.74) is 1.16. The maximum Gasteiger partial charge on any atom is 0.282 e. The molecule has 2 atom stereocenters. The summed E-state index contributed by atoms with van der Waals surface area (Å²) >= 11 is 0. The monoisotopic (exact) mass is 375 g/mol. The van der Waals surface area contributed by atoms with Crippen molar-refractivity contribution in [2.45, 2.75) is 12.5 Å². The van der Waals surface area contributed by atoms with Gasteiger partial charge in [0.2, 0.25) is 0 Å². The molecule has 142 valence electrons. The van der Waals surface area contributed by atoms with Crippen molar-refractivity contribution in [3.8, 4) is 11.4 Å². The zero-order valence-corrected chi connectivity index (χ0v) is 14.6. The molecule has 3 aromatic rings. The Morgan fingerprint density at radius 2 is 2.11 bits per heavy atom. The molecule has 0 saturated carbocycles. The van der Waals surface area contributed by atoms with Gasteiger partial charge < -0.3 is 15.3 Å². The number of aliphatic hydroxyl groups is 1. The lowest BCUT2D eigenvalue weighted by Gasteiger charge is -2.17. The maximum absolute atomic E-state index is 13.0. The van der Waals surface area contributed by atoms with Crippen LogP contribution in [0.1, 0.15) is 12.1 Å². The smallest absolute Gasteiger partial charge is 0.282 e. The molecule has 0 bridgehead atoms. The number of halogens is 2. The summed E-state index contributed by atoms with van der Waals surface area (Å²) in [5.74, 6) is 0.775. The van der Waals surface area contributed by atoms with Crippen molar-refractivity contribution < 1.29 is 13.9 Å². The molecule has 1 aliphatic heterocycles. The number of imidazole rings is 1. The van der Waals surface area contributed by atoms with Gasteiger partial charge in [-0.2, -0.15) is 5.10 Å². The first-order valence-electron chi connectivity index (χ1n) is 8.59. The van der Waals surface area contributed by atoms with Crippen molar-refractivity contribution in [3.05, 3.63) is 36.4 Å². The van der Waals surface area contributed by atoms with E-state index >= 15 is 0 Å². The first-order chi connectivity index (χ1) is 13.1. The molecular weight excluding hydrogens is 356 g/mol. The van der Waals surface area contributed by atoms with Gasteiger partial charge in [-0.3, -0.25) is 0 Å². The second-order valence-corrected chi connectivity index (χ2v) is 6.52. The number of anilines is 1. The van der Waals surface area contributed by atoms with E-state index in [0.29, 0.717) is 42.5 Å². The number of aliphatic hydroxyl groups excluding tert-OH is 1. The highest BCUT2D eigenvalue weighted by Crippen LogP contribution is 2.26. The molecular formula is C17H19F2N7O. The summed E-state index contributed by atoms with van der Waals surface area (Å²) in [6.45, 7) is 1.85. The van der Waals surface area contributed by atoms with Crippen LogP contribution in [-0.4, -0.2) is 62.5 Å². The number of alkyl halides is 2. The molecule has 3 aromatic heterocycles. The number of fused-ring (bicyclic) bond motifs is 1. The Hall–Kier alpha value is -2.72. The number of nitrogens with zero attached hydrogens (tertiary/aromatic N) is 6. The molecule has 0 spiro atoms. The van der Waals surface area contributed by atoms with Gasteiger partial charge in [0.25, 0.3) is 6.43 Å². The van der Waals surface area contributed by atoms with Gasteiger partial charge in [-0.05, 0) is 19.2 Å². The lowest BCUT2D eigenvalue weighted by atomic mass is 10.1. The molecule has 10 heteroatoms. The lowest BCUT2D eigenvalue weighted by Crippen LogP contribution is -2.28. The summed E-state index contributed by atoms with van der Waals surface area (Å²) in [6.07, 6.45) is -0.145. The molecule has 0 amide bonds. The summed E-state index contributed by atoms with van der Waals surface area (Å²) in [6, 6.07) is 4.52. The van der Waals surface area contributed by atoms with Gasteiger partial charge in [0.05, 0.1) is 18.0 Å². The molecule has 1 fully saturated rings. The third-order valence-corrected chi connectivity index (χ3v) is 4.72. The molecule has 27 heavy (non-hydrogen) atoms. The van der Waals surface area contributed by atoms with Gasteiger partial charge >= 0.3 is 0 Å². The van der Waals surface area contributed by atoms with E-state index in [1.165, 1.54) is 23.0 Å². The maximum atomic E-state index is 13.0. The molecule has 0 aliphatic carbocycles. The van der Waals surface area contributed by atoms with Gasteiger partial charge in [-0.15, -0.1) is 0 Å². The van der Waals surface area contributed by atoms with Gasteiger partial charge in [-0.1, -0.05) is 0 Å². The standard InChI is InChI=1S/C17H19F2N7O/c1-20-5-10-7-25(8-14(10)27)16-4-12(22-9-23-16)13-6-21-15-3-2-11(17(18)19)24-26(13)15/h2-4,6,9-10,14,17,20,27H,5,7-8H2,1H3. The van der Waals surface area contributed by atoms with Crippen LogP contribution in [0.15, 0.2) is 30.7 Å². The van der Waals surface area contributed by atoms with E-state index in [9.17, 15) is 13.9 Å². The largest absolute Gasteiger partial charge is 0.391 e. The predicted octanol–water partition coefficient (Wildman–Crippen LogP) is 1.14. The van der Waals surface area contributed by atoms with E-state index in [0.717, 1.165) is 0 Å². The molecule has 4 rings (SSSR count). The van der Waals surface area contributed by atoms with Crippen LogP contribution >= 0.6 is 0 Å². The SMILES string of the molecule is CNCC1CN(c2cc(-c3cnc4ccc(C(F)F)nn34)ncn2)CC1O. The fourth-order valence-corrected chi connectivity index (χ4v) is 3.34. The quantitative estimate of drug-likeness (QED) is 0.691. The Kier molecular flexibility index (Phi) is 4.66. The van der Waals surface area contributed by atoms with Crippen LogP contribution in [-0.2, 0) is 0 Å². The molecule has 2 unspecified atom stereocenters. The second-order valence-electron chi connectivity index (χ2n) is 6.52. The van der Waals surface area contributed by atoms with E-state index < -0.39 is 12.5 Å². The van der Waals surface area contributed by atoms with E-state index in [2.05, 4.69) is 25.4 Å². The first-order valence-corrected chi connectivity index (χ1v) is 8.59. The number of hydrogen-bond donors (Lipinski definition) is 2. The Morgan fingerprint density at radius 1 is 1.26 bits per heavy atom. The second kappa shape index (κ2) is 7.12. The molecule has 4 heterocycles. The topological polar surface area (TPSA) is 91.5 Å². The minimum absolute atomic E-state index is 0.111. The Balaban J connectivity index is 1.67. The summed E-state index contributed by atoms with van der Waals surface area (Å²) in [4.78, 5) is 14.7. The van der Waals surface area contributed by atoms with Gasteiger partial charge in [0.1, 0.15) is 23.5 Å². The molecule has 1 saturated heterocycles. The fraction of sp³-hybridized carbons (Fsp3) is 0.412. The highest BCUT2D eigenvalue weighted by atomic mass is 19.3.